The first kappa shape index (κ1) is 16.2. The van der Waals surface area contributed by atoms with Crippen molar-refractivity contribution < 1.29 is 9.53 Å². The summed E-state index contributed by atoms with van der Waals surface area (Å²) in [7, 11) is 0. The third-order valence-corrected chi connectivity index (χ3v) is 1.58. The lowest BCUT2D eigenvalue weighted by molar-refractivity contribution is -0.156. The minimum atomic E-state index is -0.459. The topological polar surface area (TPSA) is 52.3 Å². The molecule has 0 heterocycles. The summed E-state index contributed by atoms with van der Waals surface area (Å²) >= 11 is 0. The van der Waals surface area contributed by atoms with Gasteiger partial charge in [0.05, 0.1) is 0 Å². The van der Waals surface area contributed by atoms with Crippen LogP contribution in [-0.2, 0) is 9.53 Å². The number of carbonyl (C=O) groups excluding carboxylic acids is 1. The molecule has 0 amide bonds. The number of hydrogen-bond donors (Lipinski definition) is 1. The van der Waals surface area contributed by atoms with Gasteiger partial charge in [-0.15, -0.1) is 12.4 Å². The van der Waals surface area contributed by atoms with E-state index in [1.54, 1.807) is 0 Å². The van der Waals surface area contributed by atoms with Crippen molar-refractivity contribution in [1.82, 2.24) is 0 Å². The molecule has 0 radical (unpaired) electrons. The zero-order valence-electron chi connectivity index (χ0n) is 9.50. The second kappa shape index (κ2) is 7.07. The molecule has 2 N–H and O–H groups in total. The third-order valence-electron chi connectivity index (χ3n) is 1.58. The molecule has 0 bridgehead atoms. The van der Waals surface area contributed by atoms with E-state index in [2.05, 4.69) is 6.92 Å². The van der Waals surface area contributed by atoms with Gasteiger partial charge in [-0.1, -0.05) is 19.8 Å². The highest BCUT2D eigenvalue weighted by Crippen LogP contribution is 2.09. The molecule has 86 valence electrons. The van der Waals surface area contributed by atoms with Crippen LogP contribution >= 0.6 is 12.4 Å². The molecule has 0 saturated carbocycles. The lowest BCUT2D eigenvalue weighted by atomic mass is 10.1. The van der Waals surface area contributed by atoms with E-state index in [9.17, 15) is 4.79 Å². The molecule has 0 aliphatic carbocycles. The van der Waals surface area contributed by atoms with E-state index in [-0.39, 0.29) is 18.4 Å². The second-order valence-corrected chi connectivity index (χ2v) is 4.28. The van der Waals surface area contributed by atoms with Gasteiger partial charge in [0.25, 0.3) is 0 Å². The zero-order chi connectivity index (χ0) is 10.5. The summed E-state index contributed by atoms with van der Waals surface area (Å²) < 4.78 is 5.13. The Morgan fingerprint density at radius 1 is 1.43 bits per heavy atom. The number of nitrogens with two attached hydrogens (primary N) is 1. The van der Waals surface area contributed by atoms with Gasteiger partial charge >= 0.3 is 5.97 Å². The Bertz CT molecular complexity index is 166. The molecule has 0 saturated heterocycles. The monoisotopic (exact) mass is 223 g/mol. The predicted octanol–water partition coefficient (Wildman–Crippen LogP) is 2.27. The predicted molar refractivity (Wildman–Crippen MR) is 60.6 cm³/mol. The molecule has 0 aliphatic heterocycles. The van der Waals surface area contributed by atoms with Gasteiger partial charge in [0, 0.05) is 0 Å². The number of unbranched alkanes of at least 4 members (excludes halogenated alkanes) is 1. The fourth-order valence-corrected chi connectivity index (χ4v) is 0.919. The number of ether oxygens (including phenoxy) is 1. The molecule has 1 atom stereocenters. The highest BCUT2D eigenvalue weighted by molar-refractivity contribution is 5.85. The van der Waals surface area contributed by atoms with E-state index >= 15 is 0 Å². The Kier molecular flexibility index (Phi) is 8.16. The van der Waals surface area contributed by atoms with E-state index in [1.165, 1.54) is 0 Å². The van der Waals surface area contributed by atoms with Crippen LogP contribution in [0, 0.1) is 0 Å². The van der Waals surface area contributed by atoms with Crippen LogP contribution in [0.2, 0.25) is 0 Å². The largest absolute Gasteiger partial charge is 0.459 e. The van der Waals surface area contributed by atoms with Gasteiger partial charge < -0.3 is 10.5 Å². The van der Waals surface area contributed by atoms with Gasteiger partial charge in [-0.3, -0.25) is 4.79 Å². The van der Waals surface area contributed by atoms with Crippen molar-refractivity contribution in [2.45, 2.75) is 58.6 Å². The van der Waals surface area contributed by atoms with E-state index in [0.717, 1.165) is 12.8 Å². The third kappa shape index (κ3) is 8.32. The molecular weight excluding hydrogens is 202 g/mol. The van der Waals surface area contributed by atoms with E-state index < -0.39 is 11.6 Å². The van der Waals surface area contributed by atoms with E-state index in [4.69, 9.17) is 10.5 Å². The first-order valence-corrected chi connectivity index (χ1v) is 4.85. The number of hydrogen-bond acceptors (Lipinski definition) is 3. The first-order chi connectivity index (χ1) is 5.87. The van der Waals surface area contributed by atoms with Crippen molar-refractivity contribution in [2.24, 2.45) is 5.73 Å². The van der Waals surface area contributed by atoms with Gasteiger partial charge in [0.1, 0.15) is 11.6 Å². The van der Waals surface area contributed by atoms with E-state index in [1.807, 2.05) is 20.8 Å². The fraction of sp³-hybridized carbons (Fsp3) is 0.900. The maximum atomic E-state index is 11.3. The van der Waals surface area contributed by atoms with Crippen LogP contribution in [0.1, 0.15) is 47.0 Å². The maximum Gasteiger partial charge on any atom is 0.323 e. The molecule has 4 heteroatoms. The molecule has 0 aromatic rings. The van der Waals surface area contributed by atoms with Gasteiger partial charge in [-0.05, 0) is 27.2 Å². The molecule has 3 nitrogen and oxygen atoms in total. The Hall–Kier alpha value is -0.280. The average Bonchev–Trinajstić information content (AvgIpc) is 1.96. The van der Waals surface area contributed by atoms with Gasteiger partial charge in [-0.2, -0.15) is 0 Å². The molecule has 0 rings (SSSR count). The molecule has 0 aromatic heterocycles. The number of rotatable bonds is 4. The van der Waals surface area contributed by atoms with Crippen molar-refractivity contribution in [3.8, 4) is 0 Å². The molecule has 0 fully saturated rings. The van der Waals surface area contributed by atoms with Crippen LogP contribution in [0.15, 0.2) is 0 Å². The molecule has 0 aromatic carbocycles. The quantitative estimate of drug-likeness (QED) is 0.744. The molecule has 14 heavy (non-hydrogen) atoms. The van der Waals surface area contributed by atoms with Crippen LogP contribution in [0.5, 0.6) is 0 Å². The maximum absolute atomic E-state index is 11.3. The number of esters is 1. The average molecular weight is 224 g/mol. The molecule has 0 spiro atoms. The Balaban J connectivity index is 0. The summed E-state index contributed by atoms with van der Waals surface area (Å²) in [6.45, 7) is 7.61. The molecule has 0 aliphatic rings. The fourth-order valence-electron chi connectivity index (χ4n) is 0.919. The summed E-state index contributed by atoms with van der Waals surface area (Å²) in [5, 5.41) is 0. The van der Waals surface area contributed by atoms with Crippen molar-refractivity contribution >= 4 is 18.4 Å². The SMILES string of the molecule is CCCC[C@H](N)C(=O)OC(C)(C)C.Cl. The van der Waals surface area contributed by atoms with Crippen LogP contribution in [0.25, 0.3) is 0 Å². The second-order valence-electron chi connectivity index (χ2n) is 4.28. The van der Waals surface area contributed by atoms with Crippen molar-refractivity contribution in [1.29, 1.82) is 0 Å². The minimum Gasteiger partial charge on any atom is -0.459 e. The first-order valence-electron chi connectivity index (χ1n) is 4.85. The summed E-state index contributed by atoms with van der Waals surface area (Å²) in [4.78, 5) is 11.3. The van der Waals surface area contributed by atoms with Crippen molar-refractivity contribution in [2.75, 3.05) is 0 Å². The highest BCUT2D eigenvalue weighted by atomic mass is 35.5. The molecular formula is C10H22ClNO2. The zero-order valence-corrected chi connectivity index (χ0v) is 10.3. The van der Waals surface area contributed by atoms with Crippen LogP contribution in [0.3, 0.4) is 0 Å². The normalized spacial score (nSPS) is 12.9. The van der Waals surface area contributed by atoms with Crippen molar-refractivity contribution in [3.05, 3.63) is 0 Å². The minimum absolute atomic E-state index is 0. The van der Waals surface area contributed by atoms with Crippen LogP contribution in [0.4, 0.5) is 0 Å². The number of halogens is 1. The summed E-state index contributed by atoms with van der Waals surface area (Å²) in [6, 6.07) is -0.459. The van der Waals surface area contributed by atoms with Crippen molar-refractivity contribution in [3.63, 3.8) is 0 Å². The Labute approximate surface area is 92.8 Å². The Morgan fingerprint density at radius 3 is 2.29 bits per heavy atom. The highest BCUT2D eigenvalue weighted by Gasteiger charge is 2.21. The van der Waals surface area contributed by atoms with E-state index in [0.29, 0.717) is 6.42 Å². The summed E-state index contributed by atoms with van der Waals surface area (Å²) in [5.74, 6) is -0.291. The summed E-state index contributed by atoms with van der Waals surface area (Å²) in [6.07, 6.45) is 2.74. The smallest absolute Gasteiger partial charge is 0.323 e. The summed E-state index contributed by atoms with van der Waals surface area (Å²) in [5.41, 5.74) is 5.21. The molecule has 0 unspecified atom stereocenters. The standard InChI is InChI=1S/C10H21NO2.ClH/c1-5-6-7-8(11)9(12)13-10(2,3)4;/h8H,5-7,11H2,1-4H3;1H/t8-;/m0./s1. The van der Waals surface area contributed by atoms with Gasteiger partial charge in [0.15, 0.2) is 0 Å². The lowest BCUT2D eigenvalue weighted by Crippen LogP contribution is -2.37. The van der Waals surface area contributed by atoms with Gasteiger partial charge in [-0.25, -0.2) is 0 Å². The Morgan fingerprint density at radius 2 is 1.93 bits per heavy atom. The van der Waals surface area contributed by atoms with Gasteiger partial charge in [0.2, 0.25) is 0 Å². The van der Waals surface area contributed by atoms with Crippen LogP contribution < -0.4 is 5.73 Å². The number of carbonyl (C=O) groups is 1. The lowest BCUT2D eigenvalue weighted by Gasteiger charge is -2.22. The van der Waals surface area contributed by atoms with Crippen LogP contribution in [-0.4, -0.2) is 17.6 Å².